The van der Waals surface area contributed by atoms with Gasteiger partial charge in [0.1, 0.15) is 55.0 Å². The van der Waals surface area contributed by atoms with Crippen LogP contribution in [0.4, 0.5) is 0 Å². The number of piperidine rings is 3. The second kappa shape index (κ2) is 31.4. The number of nitrogens with one attached hydrogen (secondary N) is 3. The highest BCUT2D eigenvalue weighted by molar-refractivity contribution is 6.08. The molecule has 6 aromatic rings. The lowest BCUT2D eigenvalue weighted by Crippen LogP contribution is -2.52. The number of benzene rings is 6. The molecule has 24 nitrogen and oxygen atoms in total. The molecule has 0 radical (unpaired) electrons. The van der Waals surface area contributed by atoms with Gasteiger partial charge in [0.2, 0.25) is 35.4 Å². The van der Waals surface area contributed by atoms with Gasteiger partial charge in [-0.3, -0.25) is 73.8 Å². The summed E-state index contributed by atoms with van der Waals surface area (Å²) in [5.74, 6) is -5.00. The van der Waals surface area contributed by atoms with Crippen molar-refractivity contribution >= 4 is 53.2 Å². The van der Waals surface area contributed by atoms with E-state index >= 15 is 0 Å². The van der Waals surface area contributed by atoms with Gasteiger partial charge in [0.15, 0.2) is 0 Å². The van der Waals surface area contributed by atoms with Crippen molar-refractivity contribution < 1.29 is 83.9 Å². The molecule has 516 valence electrons. The van der Waals surface area contributed by atoms with Crippen molar-refractivity contribution in [2.45, 2.75) is 116 Å². The van der Waals surface area contributed by atoms with E-state index in [1.807, 2.05) is 36.4 Å². The van der Waals surface area contributed by atoms with Crippen LogP contribution in [0.15, 0.2) is 127 Å². The molecule has 3 N–H and O–H groups in total. The Hall–Kier alpha value is -9.69. The number of rotatable bonds is 18. The van der Waals surface area contributed by atoms with Crippen LogP contribution in [-0.4, -0.2) is 180 Å². The van der Waals surface area contributed by atoms with Gasteiger partial charge in [0, 0.05) is 112 Å². The van der Waals surface area contributed by atoms with E-state index in [-0.39, 0.29) is 92.1 Å². The third-order valence-electron chi connectivity index (χ3n) is 18.3. The summed E-state index contributed by atoms with van der Waals surface area (Å²) >= 11 is 0. The van der Waals surface area contributed by atoms with Crippen LogP contribution in [0.2, 0.25) is 0 Å². The average Bonchev–Trinajstić information content (AvgIpc) is 1.61. The number of morpholine rings is 3. The van der Waals surface area contributed by atoms with Crippen LogP contribution in [0.3, 0.4) is 0 Å². The van der Waals surface area contributed by atoms with Crippen molar-refractivity contribution in [1.82, 2.24) is 45.3 Å². The Morgan fingerprint density at radius 2 is 0.616 bits per heavy atom. The van der Waals surface area contributed by atoms with E-state index in [1.165, 1.54) is 0 Å². The Morgan fingerprint density at radius 1 is 0.364 bits per heavy atom. The molecule has 6 fully saturated rings. The van der Waals surface area contributed by atoms with E-state index in [4.69, 9.17) is 40.8 Å². The predicted molar refractivity (Wildman–Crippen MR) is 358 cm³/mol. The first-order valence-electron chi connectivity index (χ1n) is 37.6. The van der Waals surface area contributed by atoms with E-state index in [0.717, 1.165) is 90.3 Å². The summed E-state index contributed by atoms with van der Waals surface area (Å²) in [6, 6.07) is 29.8. The third-order valence-corrected chi connectivity index (χ3v) is 18.3. The zero-order valence-electron chi connectivity index (χ0n) is 63.4. The lowest BCUT2D eigenvalue weighted by atomic mass is 10.0. The van der Waals surface area contributed by atoms with Gasteiger partial charge in [-0.1, -0.05) is 91.0 Å². The number of ether oxygens (including phenoxy) is 6. The fourth-order valence-electron chi connectivity index (χ4n) is 12.9. The molecule has 3 atom stereocenters. The van der Waals surface area contributed by atoms with Gasteiger partial charge in [-0.2, -0.15) is 0 Å². The monoisotopic (exact) mass is 1360 g/mol. The van der Waals surface area contributed by atoms with Crippen LogP contribution in [0, 0.1) is 0 Å². The van der Waals surface area contributed by atoms with Crippen molar-refractivity contribution in [3.63, 3.8) is 0 Å². The summed E-state index contributed by atoms with van der Waals surface area (Å²) in [7, 11) is 0. The van der Waals surface area contributed by atoms with Crippen LogP contribution in [0.25, 0.3) is 0 Å². The Morgan fingerprint density at radius 3 is 0.869 bits per heavy atom. The van der Waals surface area contributed by atoms with Crippen LogP contribution in [0.1, 0.15) is 132 Å². The first kappa shape index (κ1) is 57.2. The smallest absolute Gasteiger partial charge is 0.255 e. The zero-order valence-corrected chi connectivity index (χ0v) is 54.4. The van der Waals surface area contributed by atoms with Gasteiger partial charge in [0.05, 0.1) is 71.6 Å². The number of carbonyl (C=O) groups excluding carboxylic acids is 9. The third kappa shape index (κ3) is 16.4. The number of nitrogens with zero attached hydrogens (tertiary/aromatic N) is 6. The highest BCUT2D eigenvalue weighted by Gasteiger charge is 2.43. The first-order chi connectivity index (χ1) is 51.5. The molecular formula is C75H81N9O15. The average molecular weight is 1360 g/mol. The minimum atomic E-state index is -2.18. The molecule has 0 saturated carbocycles. The van der Waals surface area contributed by atoms with Gasteiger partial charge < -0.3 is 43.1 Å². The molecule has 1 unspecified atom stereocenters. The van der Waals surface area contributed by atoms with Crippen molar-refractivity contribution in [2.24, 2.45) is 0 Å². The number of fused-ring (bicyclic) bond motifs is 3. The number of imide groups is 3. The maximum atomic E-state index is 13.1. The quantitative estimate of drug-likeness (QED) is 0.0887. The van der Waals surface area contributed by atoms with Gasteiger partial charge in [-0.25, -0.2) is 0 Å². The molecule has 9 aliphatic rings. The maximum Gasteiger partial charge on any atom is 0.255 e. The molecule has 99 heavy (non-hydrogen) atoms. The van der Waals surface area contributed by atoms with Gasteiger partial charge in [0.25, 0.3) is 17.7 Å². The van der Waals surface area contributed by atoms with Gasteiger partial charge in [-0.05, 0) is 89.0 Å². The summed E-state index contributed by atoms with van der Waals surface area (Å²) in [6.07, 6.45) is -0.434. The molecule has 15 rings (SSSR count). The first-order valence-corrected chi connectivity index (χ1v) is 33.1. The van der Waals surface area contributed by atoms with E-state index in [1.54, 1.807) is 91.0 Å². The summed E-state index contributed by atoms with van der Waals surface area (Å²) < 4.78 is 111. The molecule has 0 aromatic heterocycles. The molecule has 0 spiro atoms. The lowest BCUT2D eigenvalue weighted by Gasteiger charge is -2.29. The van der Waals surface area contributed by atoms with Gasteiger partial charge >= 0.3 is 0 Å². The molecular weight excluding hydrogens is 1270 g/mol. The largest absolute Gasteiger partial charge is 0.489 e. The van der Waals surface area contributed by atoms with E-state index in [9.17, 15) is 43.2 Å². The minimum Gasteiger partial charge on any atom is -0.489 e. The molecule has 9 aliphatic heterocycles. The van der Waals surface area contributed by atoms with Crippen LogP contribution in [0.5, 0.6) is 17.2 Å². The second-order valence-electron chi connectivity index (χ2n) is 24.9. The normalized spacial score (nSPS) is 25.2. The standard InChI is InChI=1S/3C25H27N3O5/c3*29-23-9-8-21(24(30)26-23)28-15-20-19(25(28)31)2-1-3-22(20)33-16-18-6-4-17(5-7-18)14-27-10-12-32-13-11-27/h3*1-7,21H,8-16H2,(H,26,29,30)/t2*21-;/m10./s1/i3*16D2,21D. The van der Waals surface area contributed by atoms with Crippen molar-refractivity contribution in [2.75, 3.05) is 78.9 Å². The topological polar surface area (TPSA) is 265 Å². The Balaban J connectivity index is 0.000000143. The number of hydrogen-bond acceptors (Lipinski definition) is 18. The molecule has 0 bridgehead atoms. The fourth-order valence-corrected chi connectivity index (χ4v) is 12.9. The Kier molecular flexibility index (Phi) is 18.2. The number of carbonyl (C=O) groups is 9. The van der Waals surface area contributed by atoms with Crippen molar-refractivity contribution in [3.05, 3.63) is 194 Å². The summed E-state index contributed by atoms with van der Waals surface area (Å²) in [5.41, 5.74) is 6.14. The molecule has 6 saturated heterocycles. The summed E-state index contributed by atoms with van der Waals surface area (Å²) in [5, 5.41) is 6.42. The molecule has 9 heterocycles. The van der Waals surface area contributed by atoms with Crippen molar-refractivity contribution in [1.29, 1.82) is 0 Å². The molecule has 24 heteroatoms. The highest BCUT2D eigenvalue weighted by Crippen LogP contribution is 2.37. The fraction of sp³-hybridized carbons (Fsp3) is 0.400. The maximum absolute atomic E-state index is 13.1. The van der Waals surface area contributed by atoms with E-state index < -0.39 is 90.9 Å². The summed E-state index contributed by atoms with van der Waals surface area (Å²) in [6.45, 7) is 4.84. The van der Waals surface area contributed by atoms with Gasteiger partial charge in [-0.15, -0.1) is 0 Å². The second-order valence-corrected chi connectivity index (χ2v) is 24.9. The Labute approximate surface area is 586 Å². The lowest BCUT2D eigenvalue weighted by molar-refractivity contribution is -0.138. The number of hydrogen-bond donors (Lipinski definition) is 3. The molecule has 6 aromatic carbocycles. The summed E-state index contributed by atoms with van der Waals surface area (Å²) in [4.78, 5) is 121. The van der Waals surface area contributed by atoms with Crippen LogP contribution in [-0.2, 0) is 102 Å². The molecule has 9 amide bonds. The predicted octanol–water partition coefficient (Wildman–Crippen LogP) is 5.58. The number of amides is 9. The Bertz CT molecular complexity index is 4040. The zero-order chi connectivity index (χ0) is 76.5. The van der Waals surface area contributed by atoms with E-state index in [2.05, 4.69) is 30.7 Å². The van der Waals surface area contributed by atoms with Crippen LogP contribution >= 0.6 is 0 Å². The minimum absolute atomic E-state index is 0.0389. The van der Waals surface area contributed by atoms with Crippen LogP contribution < -0.4 is 30.2 Å². The van der Waals surface area contributed by atoms with Crippen molar-refractivity contribution in [3.8, 4) is 17.2 Å². The van der Waals surface area contributed by atoms with E-state index in [0.29, 0.717) is 73.0 Å². The SMILES string of the molecule is [2H]C([2H])(Oc1cccc2c1CN(C1([2H])CCC(=O)NC1=O)C2=O)c1ccc(CN2CCOCC2)cc1.[2H]C([2H])(Oc1cccc2c1CN([C@@]1([2H])CCC(=O)NC1=O)C2=O)c1ccc(CN2CCOCC2)cc1.[2H]C([2H])(Oc1cccc2c1CN([C@]1([2H])CCC(=O)NC1=O)C2=O)c1ccc(CN2CCOCC2)cc1. The molecule has 0 aliphatic carbocycles. The highest BCUT2D eigenvalue weighted by atomic mass is 16.5.